The van der Waals surface area contributed by atoms with Crippen molar-refractivity contribution >= 4 is 13.8 Å². The summed E-state index contributed by atoms with van der Waals surface area (Å²) in [6, 6.07) is 0. The smallest absolute Gasteiger partial charge is 0.189 e. The Morgan fingerprint density at radius 1 is 1.78 bits per heavy atom. The Bertz CT molecular complexity index is 122. The number of carbonyl (C=O) groups is 1. The van der Waals surface area contributed by atoms with Crippen molar-refractivity contribution in [2.24, 2.45) is 0 Å². The third-order valence-electron chi connectivity index (χ3n) is 0.613. The van der Waals surface area contributed by atoms with E-state index in [1.54, 1.807) is 0 Å². The van der Waals surface area contributed by atoms with Crippen molar-refractivity contribution in [3.05, 3.63) is 0 Å². The quantitative estimate of drug-likeness (QED) is 0.560. The number of rotatable bonds is 4. The molecule has 0 amide bonds. The molecule has 0 aliphatic heterocycles. The van der Waals surface area contributed by atoms with Crippen LogP contribution < -0.4 is 0 Å². The van der Waals surface area contributed by atoms with Crippen molar-refractivity contribution < 1.29 is 19.0 Å². The molecule has 0 aromatic carbocycles. The lowest BCUT2D eigenvalue weighted by molar-refractivity contribution is -0.123. The zero-order valence-corrected chi connectivity index (χ0v) is 6.09. The maximum Gasteiger partial charge on any atom is 0.189 e. The van der Waals surface area contributed by atoms with Gasteiger partial charge in [0, 0.05) is 6.66 Å². The maximum atomic E-state index is 10.2. The van der Waals surface area contributed by atoms with Gasteiger partial charge in [0.2, 0.25) is 0 Å². The van der Waals surface area contributed by atoms with Gasteiger partial charge in [0.15, 0.2) is 13.8 Å². The lowest BCUT2D eigenvalue weighted by atomic mass is 10.5. The minimum Gasteiger partial charge on any atom is -0.388 e. The number of carbonyl (C=O) groups excluding carboxylic acids is 1. The monoisotopic (exact) mass is 152 g/mol. The van der Waals surface area contributed by atoms with E-state index >= 15 is 0 Å². The molecule has 9 heavy (non-hydrogen) atoms. The molecule has 0 rings (SSSR count). The molecule has 0 aliphatic rings. The number of ketones is 1. The average Bonchev–Trinajstić information content (AvgIpc) is 1.83. The lowest BCUT2D eigenvalue weighted by Gasteiger charge is -1.94. The van der Waals surface area contributed by atoms with Gasteiger partial charge >= 0.3 is 0 Å². The Morgan fingerprint density at radius 3 is 2.67 bits per heavy atom. The Labute approximate surface area is 53.7 Å². The van der Waals surface area contributed by atoms with E-state index in [2.05, 4.69) is 4.52 Å². The van der Waals surface area contributed by atoms with Gasteiger partial charge in [0.05, 0.1) is 0 Å². The summed E-state index contributed by atoms with van der Waals surface area (Å²) in [7, 11) is -2.02. The zero-order valence-electron chi connectivity index (χ0n) is 5.09. The minimum atomic E-state index is -2.02. The molecule has 1 unspecified atom stereocenters. The fourth-order valence-electron chi connectivity index (χ4n) is 0.228. The number of Topliss-reactive ketones (excluding diaryl/α,β-unsaturated/α-hetero) is 1. The molecule has 5 heteroatoms. The summed E-state index contributed by atoms with van der Waals surface area (Å²) in [6.45, 7) is 0.593. The van der Waals surface area contributed by atoms with Crippen LogP contribution in [0.3, 0.4) is 0 Å². The van der Waals surface area contributed by atoms with Gasteiger partial charge < -0.3 is 9.63 Å². The van der Waals surface area contributed by atoms with Gasteiger partial charge in [-0.25, -0.2) is 0 Å². The van der Waals surface area contributed by atoms with Crippen LogP contribution in [0.15, 0.2) is 0 Å². The highest BCUT2D eigenvalue weighted by atomic mass is 31.1. The van der Waals surface area contributed by atoms with Crippen LogP contribution >= 0.6 is 8.03 Å². The van der Waals surface area contributed by atoms with Gasteiger partial charge in [-0.1, -0.05) is 0 Å². The second-order valence-electron chi connectivity index (χ2n) is 1.48. The Hall–Kier alpha value is -0.180. The molecule has 0 spiro atoms. The molecule has 0 radical (unpaired) electrons. The topological polar surface area (TPSA) is 63.6 Å². The van der Waals surface area contributed by atoms with Crippen LogP contribution in [0.5, 0.6) is 0 Å². The summed E-state index contributed by atoms with van der Waals surface area (Å²) in [5.74, 6) is -0.449. The zero-order chi connectivity index (χ0) is 7.28. The van der Waals surface area contributed by atoms with Crippen LogP contribution in [0, 0.1) is 0 Å². The highest BCUT2D eigenvalue weighted by Crippen LogP contribution is 2.13. The van der Waals surface area contributed by atoms with E-state index in [-0.39, 0.29) is 6.61 Å². The SMILES string of the molecule is C[PH](=O)OCC(=O)CO. The highest BCUT2D eigenvalue weighted by Gasteiger charge is 1.98. The van der Waals surface area contributed by atoms with Gasteiger partial charge in [-0.3, -0.25) is 9.36 Å². The molecule has 0 fully saturated rings. The van der Waals surface area contributed by atoms with E-state index in [0.29, 0.717) is 0 Å². The van der Waals surface area contributed by atoms with E-state index < -0.39 is 20.4 Å². The Kier molecular flexibility index (Phi) is 4.58. The van der Waals surface area contributed by atoms with Crippen molar-refractivity contribution in [3.8, 4) is 0 Å². The predicted octanol–water partition coefficient (Wildman–Crippen LogP) is -0.331. The van der Waals surface area contributed by atoms with Crippen LogP contribution in [0.1, 0.15) is 0 Å². The first-order chi connectivity index (χ1) is 4.16. The van der Waals surface area contributed by atoms with Gasteiger partial charge in [-0.15, -0.1) is 0 Å². The lowest BCUT2D eigenvalue weighted by Crippen LogP contribution is -2.09. The fourth-order valence-corrected chi connectivity index (χ4v) is 0.592. The third-order valence-corrected chi connectivity index (χ3v) is 1.16. The first-order valence-corrected chi connectivity index (χ1v) is 4.24. The molecule has 54 valence electrons. The molecule has 0 aromatic rings. The summed E-state index contributed by atoms with van der Waals surface area (Å²) in [5, 5.41) is 8.13. The standard InChI is InChI=1S/C4H9O4P/c1-9(7)8-3-4(6)2-5/h5,9H,2-3H2,1H3. The van der Waals surface area contributed by atoms with E-state index in [1.165, 1.54) is 6.66 Å². The van der Waals surface area contributed by atoms with Crippen LogP contribution in [0.25, 0.3) is 0 Å². The summed E-state index contributed by atoms with van der Waals surface area (Å²) < 4.78 is 14.6. The van der Waals surface area contributed by atoms with Crippen LogP contribution in [-0.2, 0) is 13.9 Å². The number of aliphatic hydroxyl groups is 1. The van der Waals surface area contributed by atoms with E-state index in [1.807, 2.05) is 0 Å². The van der Waals surface area contributed by atoms with Crippen LogP contribution in [-0.4, -0.2) is 30.8 Å². The minimum absolute atomic E-state index is 0.245. The molecule has 0 heterocycles. The second kappa shape index (κ2) is 4.68. The molecule has 0 aromatic heterocycles. The van der Waals surface area contributed by atoms with Crippen molar-refractivity contribution in [2.45, 2.75) is 0 Å². The molecule has 1 atom stereocenters. The van der Waals surface area contributed by atoms with Gasteiger partial charge in [-0.05, 0) is 0 Å². The molecule has 0 saturated carbocycles. The molecular formula is C4H9O4P. The summed E-state index contributed by atoms with van der Waals surface area (Å²) >= 11 is 0. The summed E-state index contributed by atoms with van der Waals surface area (Å²) in [4.78, 5) is 10.2. The van der Waals surface area contributed by atoms with Gasteiger partial charge in [-0.2, -0.15) is 0 Å². The summed E-state index contributed by atoms with van der Waals surface area (Å²) in [6.07, 6.45) is 0. The highest BCUT2D eigenvalue weighted by molar-refractivity contribution is 7.38. The molecule has 1 N–H and O–H groups in total. The number of hydrogen-bond donors (Lipinski definition) is 1. The van der Waals surface area contributed by atoms with Gasteiger partial charge in [0.1, 0.15) is 13.2 Å². The van der Waals surface area contributed by atoms with Crippen molar-refractivity contribution in [1.29, 1.82) is 0 Å². The molecular weight excluding hydrogens is 143 g/mol. The molecule has 4 nitrogen and oxygen atoms in total. The third kappa shape index (κ3) is 5.69. The Morgan fingerprint density at radius 2 is 2.33 bits per heavy atom. The van der Waals surface area contributed by atoms with Gasteiger partial charge in [0.25, 0.3) is 0 Å². The predicted molar refractivity (Wildman–Crippen MR) is 33.0 cm³/mol. The normalized spacial score (nSPS) is 13.1. The van der Waals surface area contributed by atoms with Crippen molar-refractivity contribution in [1.82, 2.24) is 0 Å². The second-order valence-corrected chi connectivity index (χ2v) is 2.75. The van der Waals surface area contributed by atoms with E-state index in [9.17, 15) is 9.36 Å². The first-order valence-electron chi connectivity index (χ1n) is 2.42. The van der Waals surface area contributed by atoms with Crippen molar-refractivity contribution in [3.63, 3.8) is 0 Å². The molecule has 0 bridgehead atoms. The average molecular weight is 152 g/mol. The summed E-state index contributed by atoms with van der Waals surface area (Å²) in [5.41, 5.74) is 0. The number of aliphatic hydroxyl groups excluding tert-OH is 1. The van der Waals surface area contributed by atoms with E-state index in [4.69, 9.17) is 5.11 Å². The largest absolute Gasteiger partial charge is 0.388 e. The van der Waals surface area contributed by atoms with Crippen LogP contribution in [0.4, 0.5) is 0 Å². The number of hydrogen-bond acceptors (Lipinski definition) is 4. The van der Waals surface area contributed by atoms with Crippen LogP contribution in [0.2, 0.25) is 0 Å². The first kappa shape index (κ1) is 8.82. The Balaban J connectivity index is 3.28. The molecule has 0 saturated heterocycles. The van der Waals surface area contributed by atoms with Crippen molar-refractivity contribution in [2.75, 3.05) is 19.9 Å². The van der Waals surface area contributed by atoms with E-state index in [0.717, 1.165) is 0 Å². The maximum absolute atomic E-state index is 10.2. The molecule has 0 aliphatic carbocycles. The fraction of sp³-hybridized carbons (Fsp3) is 0.750.